The molecule has 2 aliphatic rings. The van der Waals surface area contributed by atoms with Crippen LogP contribution < -0.4 is 14.8 Å². The van der Waals surface area contributed by atoms with Gasteiger partial charge in [-0.05, 0) is 67.3 Å². The summed E-state index contributed by atoms with van der Waals surface area (Å²) in [6.07, 6.45) is 3.77. The Morgan fingerprint density at radius 3 is 2.86 bits per heavy atom. The number of halogens is 1. The fourth-order valence-electron chi connectivity index (χ4n) is 3.79. The maximum absolute atomic E-state index is 12.9. The van der Waals surface area contributed by atoms with Crippen molar-refractivity contribution in [2.75, 3.05) is 32.2 Å². The van der Waals surface area contributed by atoms with Crippen molar-refractivity contribution in [2.24, 2.45) is 0 Å². The summed E-state index contributed by atoms with van der Waals surface area (Å²) in [6, 6.07) is 10.9. The minimum atomic E-state index is -0.281. The molecule has 2 aromatic carbocycles. The number of carbonyl (C=O) groups is 2. The molecule has 0 aliphatic carbocycles. The average molecular weight is 578 g/mol. The number of anilines is 1. The van der Waals surface area contributed by atoms with Crippen LogP contribution in [0.5, 0.6) is 11.5 Å². The lowest BCUT2D eigenvalue weighted by Crippen LogP contribution is -2.35. The van der Waals surface area contributed by atoms with Crippen LogP contribution >= 0.6 is 39.9 Å². The van der Waals surface area contributed by atoms with E-state index in [1.54, 1.807) is 29.2 Å². The Bertz CT molecular complexity index is 1180. The molecular weight excluding hydrogens is 552 g/mol. The topological polar surface area (TPSA) is 77.1 Å². The monoisotopic (exact) mass is 576 g/mol. The molecule has 0 radical (unpaired) electrons. The fraction of sp³-hybridized carbons (Fsp3) is 0.320. The van der Waals surface area contributed by atoms with Gasteiger partial charge in [-0.2, -0.15) is 0 Å². The van der Waals surface area contributed by atoms with Gasteiger partial charge in [0.05, 0.1) is 24.7 Å². The van der Waals surface area contributed by atoms with E-state index < -0.39 is 0 Å². The van der Waals surface area contributed by atoms with Gasteiger partial charge in [0.1, 0.15) is 4.32 Å². The molecule has 2 fully saturated rings. The highest BCUT2D eigenvalue weighted by molar-refractivity contribution is 9.10. The number of methoxy groups -OCH3 is 1. The first-order valence-corrected chi connectivity index (χ1v) is 13.1. The third-order valence-corrected chi connectivity index (χ3v) is 7.46. The first kappa shape index (κ1) is 25.7. The first-order chi connectivity index (χ1) is 16.8. The van der Waals surface area contributed by atoms with Crippen LogP contribution in [0, 0.1) is 6.92 Å². The molecule has 4 rings (SSSR count). The quantitative estimate of drug-likeness (QED) is 0.343. The van der Waals surface area contributed by atoms with Crippen LogP contribution in [0.2, 0.25) is 0 Å². The number of rotatable bonds is 8. The molecule has 2 heterocycles. The van der Waals surface area contributed by atoms with Crippen LogP contribution in [0.15, 0.2) is 45.8 Å². The first-order valence-electron chi connectivity index (χ1n) is 11.1. The molecule has 0 spiro atoms. The molecule has 0 bridgehead atoms. The molecule has 2 saturated heterocycles. The molecule has 7 nitrogen and oxygen atoms in total. The number of aryl methyl sites for hydroxylation is 1. The van der Waals surface area contributed by atoms with E-state index in [0.29, 0.717) is 27.3 Å². The summed E-state index contributed by atoms with van der Waals surface area (Å²) in [5, 5.41) is 2.84. The zero-order valence-electron chi connectivity index (χ0n) is 19.3. The van der Waals surface area contributed by atoms with Crippen LogP contribution in [0.1, 0.15) is 24.0 Å². The summed E-state index contributed by atoms with van der Waals surface area (Å²) in [4.78, 5) is 27.4. The lowest BCUT2D eigenvalue weighted by atomic mass is 10.1. The second-order valence-electron chi connectivity index (χ2n) is 8.13. The molecule has 2 amide bonds. The van der Waals surface area contributed by atoms with Crippen molar-refractivity contribution >= 4 is 67.8 Å². The summed E-state index contributed by atoms with van der Waals surface area (Å²) in [7, 11) is 1.53. The lowest BCUT2D eigenvalue weighted by molar-refractivity contribution is -0.123. The number of hydrogen-bond acceptors (Lipinski definition) is 7. The maximum atomic E-state index is 12.9. The van der Waals surface area contributed by atoms with Gasteiger partial charge in [0.15, 0.2) is 18.1 Å². The Kier molecular flexibility index (Phi) is 8.48. The number of amides is 2. The number of thioether (sulfide) groups is 1. The Hall–Kier alpha value is -2.40. The fourth-order valence-corrected chi connectivity index (χ4v) is 5.54. The highest BCUT2D eigenvalue weighted by Gasteiger charge is 2.34. The van der Waals surface area contributed by atoms with Gasteiger partial charge in [0, 0.05) is 16.8 Å². The van der Waals surface area contributed by atoms with Gasteiger partial charge in [0.2, 0.25) is 0 Å². The Morgan fingerprint density at radius 1 is 1.31 bits per heavy atom. The molecule has 10 heteroatoms. The molecule has 0 saturated carbocycles. The highest BCUT2D eigenvalue weighted by atomic mass is 79.9. The van der Waals surface area contributed by atoms with Gasteiger partial charge >= 0.3 is 0 Å². The second-order valence-corrected chi connectivity index (χ2v) is 10.7. The summed E-state index contributed by atoms with van der Waals surface area (Å²) in [5.74, 6) is 0.491. The minimum absolute atomic E-state index is 0.0401. The van der Waals surface area contributed by atoms with Crippen molar-refractivity contribution < 1.29 is 23.8 Å². The molecule has 2 aromatic rings. The van der Waals surface area contributed by atoms with Crippen molar-refractivity contribution in [1.82, 2.24) is 4.90 Å². The molecule has 0 aromatic heterocycles. The lowest BCUT2D eigenvalue weighted by Gasteiger charge is -2.18. The number of hydrogen-bond donors (Lipinski definition) is 1. The van der Waals surface area contributed by atoms with Gasteiger partial charge in [-0.15, -0.1) is 0 Å². The predicted octanol–water partition coefficient (Wildman–Crippen LogP) is 5.16. The van der Waals surface area contributed by atoms with Crippen LogP contribution in [0.4, 0.5) is 5.69 Å². The number of thiocarbonyl (C=S) groups is 1. The number of carbonyl (C=O) groups excluding carboxylic acids is 2. The van der Waals surface area contributed by atoms with E-state index in [1.807, 2.05) is 25.1 Å². The molecule has 2 aliphatic heterocycles. The SMILES string of the molecule is COc1cc(/C=C2\SC(=S)N(C[C@@H]3CCCO3)C2=O)ccc1OCC(=O)Nc1ccc(Br)cc1C. The van der Waals surface area contributed by atoms with E-state index in [9.17, 15) is 9.59 Å². The van der Waals surface area contributed by atoms with E-state index in [2.05, 4.69) is 21.2 Å². The normalized spacial score (nSPS) is 18.9. The number of ether oxygens (including phenoxy) is 3. The summed E-state index contributed by atoms with van der Waals surface area (Å²) in [6.45, 7) is 2.96. The largest absolute Gasteiger partial charge is 0.493 e. The van der Waals surface area contributed by atoms with E-state index >= 15 is 0 Å². The molecule has 184 valence electrons. The van der Waals surface area contributed by atoms with Crippen LogP contribution in [-0.2, 0) is 14.3 Å². The van der Waals surface area contributed by atoms with Gasteiger partial charge in [-0.3, -0.25) is 14.5 Å². The zero-order chi connectivity index (χ0) is 24.9. The van der Waals surface area contributed by atoms with E-state index in [-0.39, 0.29) is 24.5 Å². The molecule has 35 heavy (non-hydrogen) atoms. The van der Waals surface area contributed by atoms with Gasteiger partial charge in [-0.25, -0.2) is 0 Å². The maximum Gasteiger partial charge on any atom is 0.266 e. The standard InChI is InChI=1S/C25H25BrN2O5S2/c1-15-10-17(26)6-7-19(15)27-23(29)14-33-20-8-5-16(11-21(20)31-2)12-22-24(30)28(25(34)35-22)13-18-4-3-9-32-18/h5-8,10-12,18H,3-4,9,13-14H2,1-2H3,(H,27,29)/b22-12-/t18-/m0/s1. The molecule has 0 unspecified atom stereocenters. The highest BCUT2D eigenvalue weighted by Crippen LogP contribution is 2.35. The summed E-state index contributed by atoms with van der Waals surface area (Å²) in [5.41, 5.74) is 2.43. The van der Waals surface area contributed by atoms with Crippen molar-refractivity contribution in [3.8, 4) is 11.5 Å². The number of nitrogens with zero attached hydrogens (tertiary/aromatic N) is 1. The summed E-state index contributed by atoms with van der Waals surface area (Å²) < 4.78 is 18.3. The van der Waals surface area contributed by atoms with Gasteiger partial charge in [-0.1, -0.05) is 46.0 Å². The minimum Gasteiger partial charge on any atom is -0.493 e. The second kappa shape index (κ2) is 11.6. The molecule has 1 N–H and O–H groups in total. The molecule has 1 atom stereocenters. The molecular formula is C25H25BrN2O5S2. The van der Waals surface area contributed by atoms with E-state index in [4.69, 9.17) is 26.4 Å². The third kappa shape index (κ3) is 6.43. The van der Waals surface area contributed by atoms with Crippen molar-refractivity contribution in [3.05, 3.63) is 56.9 Å². The van der Waals surface area contributed by atoms with E-state index in [1.165, 1.54) is 18.9 Å². The number of benzene rings is 2. The van der Waals surface area contributed by atoms with Crippen molar-refractivity contribution in [3.63, 3.8) is 0 Å². The van der Waals surface area contributed by atoms with Crippen LogP contribution in [-0.4, -0.2) is 54.0 Å². The smallest absolute Gasteiger partial charge is 0.266 e. The van der Waals surface area contributed by atoms with Crippen LogP contribution in [0.25, 0.3) is 6.08 Å². The van der Waals surface area contributed by atoms with Crippen LogP contribution in [0.3, 0.4) is 0 Å². The van der Waals surface area contributed by atoms with E-state index in [0.717, 1.165) is 40.7 Å². The predicted molar refractivity (Wildman–Crippen MR) is 145 cm³/mol. The van der Waals surface area contributed by atoms with Crippen molar-refractivity contribution in [1.29, 1.82) is 0 Å². The summed E-state index contributed by atoms with van der Waals surface area (Å²) >= 11 is 10.1. The average Bonchev–Trinajstić information content (AvgIpc) is 3.44. The van der Waals surface area contributed by atoms with Gasteiger partial charge < -0.3 is 19.5 Å². The third-order valence-electron chi connectivity index (χ3n) is 5.59. The Labute approximate surface area is 222 Å². The number of nitrogens with one attached hydrogen (secondary N) is 1. The van der Waals surface area contributed by atoms with Gasteiger partial charge in [0.25, 0.3) is 11.8 Å². The Balaban J connectivity index is 1.39. The zero-order valence-corrected chi connectivity index (χ0v) is 22.6. The Morgan fingerprint density at radius 2 is 2.14 bits per heavy atom. The van der Waals surface area contributed by atoms with Crippen molar-refractivity contribution in [2.45, 2.75) is 25.9 Å².